The number of halogens is 3. The van der Waals surface area contributed by atoms with Crippen LogP contribution in [-0.4, -0.2) is 30.6 Å². The molecule has 0 radical (unpaired) electrons. The lowest BCUT2D eigenvalue weighted by Gasteiger charge is -2.27. The van der Waals surface area contributed by atoms with E-state index in [2.05, 4.69) is 0 Å². The highest BCUT2D eigenvalue weighted by atomic mass is 35.5. The maximum atomic E-state index is 13.7. The molecule has 2 amide bonds. The first kappa shape index (κ1) is 24.8. The molecule has 0 saturated carbocycles. The summed E-state index contributed by atoms with van der Waals surface area (Å²) in [7, 11) is -4.44. The van der Waals surface area contributed by atoms with E-state index >= 15 is 0 Å². The summed E-state index contributed by atoms with van der Waals surface area (Å²) in [5.41, 5.74) is 0.937. The quantitative estimate of drug-likeness (QED) is 0.435. The molecule has 178 valence electrons. The molecule has 0 aromatic heterocycles. The van der Waals surface area contributed by atoms with Crippen LogP contribution < -0.4 is 4.90 Å². The third kappa shape index (κ3) is 4.92. The number of hydrogen-bond donors (Lipinski definition) is 0. The number of benzene rings is 3. The summed E-state index contributed by atoms with van der Waals surface area (Å²) < 4.78 is 41.8. The summed E-state index contributed by atoms with van der Waals surface area (Å²) in [5.74, 6) is -1.88. The van der Waals surface area contributed by atoms with Crippen LogP contribution in [0.3, 0.4) is 0 Å². The number of carbonyl (C=O) groups is 2. The second-order valence-electron chi connectivity index (χ2n) is 7.70. The molecular weight excluding hydrogens is 516 g/mol. The molecule has 1 saturated heterocycles. The van der Waals surface area contributed by atoms with Gasteiger partial charge in [0.15, 0.2) is 0 Å². The predicted octanol–water partition coefficient (Wildman–Crippen LogP) is 4.53. The second kappa shape index (κ2) is 9.76. The topological polar surface area (TPSA) is 98.5 Å². The number of nitriles is 1. The van der Waals surface area contributed by atoms with E-state index in [0.717, 1.165) is 27.4 Å². The van der Waals surface area contributed by atoms with Crippen LogP contribution in [0.4, 0.5) is 10.1 Å². The molecule has 3 aromatic rings. The Morgan fingerprint density at radius 3 is 2.31 bits per heavy atom. The normalized spacial score (nSPS) is 16.1. The molecule has 1 fully saturated rings. The van der Waals surface area contributed by atoms with E-state index in [-0.39, 0.29) is 27.2 Å². The van der Waals surface area contributed by atoms with Crippen LogP contribution in [0.2, 0.25) is 10.0 Å². The van der Waals surface area contributed by atoms with Crippen LogP contribution in [0.1, 0.15) is 17.5 Å². The number of imide groups is 1. The minimum absolute atomic E-state index is 0.112. The molecule has 7 nitrogen and oxygen atoms in total. The van der Waals surface area contributed by atoms with Gasteiger partial charge < -0.3 is 0 Å². The van der Waals surface area contributed by atoms with Crippen molar-refractivity contribution >= 4 is 50.7 Å². The van der Waals surface area contributed by atoms with Gasteiger partial charge in [0.25, 0.3) is 5.91 Å². The van der Waals surface area contributed by atoms with Gasteiger partial charge in [0, 0.05) is 11.6 Å². The van der Waals surface area contributed by atoms with E-state index < -0.39 is 40.1 Å². The number of sulfonamides is 1. The Labute approximate surface area is 210 Å². The van der Waals surface area contributed by atoms with Crippen molar-refractivity contribution in [3.8, 4) is 6.07 Å². The first-order valence-electron chi connectivity index (χ1n) is 10.2. The summed E-state index contributed by atoms with van der Waals surface area (Å²) in [6.07, 6.45) is -0.419. The molecule has 1 atom stereocenters. The molecule has 4 rings (SSSR count). The lowest BCUT2D eigenvalue weighted by molar-refractivity contribution is -0.122. The Morgan fingerprint density at radius 1 is 1.03 bits per heavy atom. The molecule has 3 aromatic carbocycles. The molecular formula is C24H16Cl2FN3O4S. The van der Waals surface area contributed by atoms with Gasteiger partial charge in [-0.05, 0) is 60.2 Å². The zero-order valence-electron chi connectivity index (χ0n) is 17.9. The average Bonchev–Trinajstić information content (AvgIpc) is 3.13. The summed E-state index contributed by atoms with van der Waals surface area (Å²) in [5, 5.41) is 9.00. The fraction of sp³-hybridized carbons (Fsp3) is 0.125. The first-order valence-corrected chi connectivity index (χ1v) is 12.4. The Kier molecular flexibility index (Phi) is 6.92. The third-order valence-corrected chi connectivity index (χ3v) is 8.03. The van der Waals surface area contributed by atoms with Crippen LogP contribution in [0, 0.1) is 17.1 Å². The van der Waals surface area contributed by atoms with Crippen molar-refractivity contribution < 1.29 is 22.4 Å². The standard InChI is InChI=1S/C24H16Cl2FN3O4S/c25-17-5-10-20(26)22(11-17)35(33,34)29(14-16-1-6-18(27)7-2-16)21-12-23(31)30(24(21)32)19-8-3-15(13-28)4-9-19/h1-11,21H,12,14H2. The van der Waals surface area contributed by atoms with Gasteiger partial charge in [-0.3, -0.25) is 9.59 Å². The summed E-state index contributed by atoms with van der Waals surface area (Å²) >= 11 is 12.2. The Hall–Kier alpha value is -3.29. The fourth-order valence-corrected chi connectivity index (χ4v) is 6.04. The van der Waals surface area contributed by atoms with Crippen molar-refractivity contribution in [3.05, 3.63) is 93.7 Å². The number of rotatable bonds is 6. The van der Waals surface area contributed by atoms with Crippen LogP contribution in [0.15, 0.2) is 71.6 Å². The predicted molar refractivity (Wildman–Crippen MR) is 128 cm³/mol. The van der Waals surface area contributed by atoms with E-state index in [1.54, 1.807) is 0 Å². The van der Waals surface area contributed by atoms with Gasteiger partial charge in [-0.1, -0.05) is 35.3 Å². The highest BCUT2D eigenvalue weighted by molar-refractivity contribution is 7.89. The summed E-state index contributed by atoms with van der Waals surface area (Å²) in [6, 6.07) is 15.3. The molecule has 0 spiro atoms. The maximum absolute atomic E-state index is 13.7. The van der Waals surface area contributed by atoms with Gasteiger partial charge in [-0.25, -0.2) is 17.7 Å². The largest absolute Gasteiger partial charge is 0.274 e. The van der Waals surface area contributed by atoms with Crippen LogP contribution >= 0.6 is 23.2 Å². The van der Waals surface area contributed by atoms with Crippen molar-refractivity contribution in [2.24, 2.45) is 0 Å². The lowest BCUT2D eigenvalue weighted by Crippen LogP contribution is -2.45. The second-order valence-corrected chi connectivity index (χ2v) is 10.4. The Bertz CT molecular complexity index is 1460. The number of anilines is 1. The molecule has 0 bridgehead atoms. The molecule has 11 heteroatoms. The fourth-order valence-electron chi connectivity index (χ4n) is 3.73. The molecule has 1 aliphatic rings. The van der Waals surface area contributed by atoms with E-state index in [0.29, 0.717) is 11.1 Å². The van der Waals surface area contributed by atoms with Gasteiger partial charge in [0.1, 0.15) is 16.8 Å². The highest BCUT2D eigenvalue weighted by Gasteiger charge is 2.47. The summed E-state index contributed by atoms with van der Waals surface area (Å²) in [4.78, 5) is 26.8. The van der Waals surface area contributed by atoms with Gasteiger partial charge in [0.2, 0.25) is 15.9 Å². The van der Waals surface area contributed by atoms with Gasteiger partial charge >= 0.3 is 0 Å². The van der Waals surface area contributed by atoms with Crippen LogP contribution in [0.5, 0.6) is 0 Å². The molecule has 35 heavy (non-hydrogen) atoms. The SMILES string of the molecule is N#Cc1ccc(N2C(=O)CC(N(Cc3ccc(F)cc3)S(=O)(=O)c3cc(Cl)ccc3Cl)C2=O)cc1. The van der Waals surface area contributed by atoms with E-state index in [4.69, 9.17) is 28.5 Å². The Balaban J connectivity index is 1.78. The van der Waals surface area contributed by atoms with Crippen LogP contribution in [0.25, 0.3) is 0 Å². The number of hydrogen-bond acceptors (Lipinski definition) is 5. The molecule has 1 heterocycles. The zero-order chi connectivity index (χ0) is 25.3. The smallest absolute Gasteiger partial charge is 0.252 e. The van der Waals surface area contributed by atoms with Gasteiger partial charge in [-0.15, -0.1) is 0 Å². The van der Waals surface area contributed by atoms with E-state index in [1.807, 2.05) is 6.07 Å². The molecule has 0 aliphatic carbocycles. The van der Waals surface area contributed by atoms with Crippen molar-refractivity contribution in [3.63, 3.8) is 0 Å². The van der Waals surface area contributed by atoms with Crippen molar-refractivity contribution in [2.45, 2.75) is 23.9 Å². The number of carbonyl (C=O) groups excluding carboxylic acids is 2. The zero-order valence-corrected chi connectivity index (χ0v) is 20.2. The van der Waals surface area contributed by atoms with E-state index in [9.17, 15) is 22.4 Å². The minimum atomic E-state index is -4.44. The Morgan fingerprint density at radius 2 is 1.69 bits per heavy atom. The monoisotopic (exact) mass is 531 g/mol. The summed E-state index contributed by atoms with van der Waals surface area (Å²) in [6.45, 7) is -0.323. The molecule has 0 N–H and O–H groups in total. The first-order chi connectivity index (χ1) is 16.6. The van der Waals surface area contributed by atoms with Crippen molar-refractivity contribution in [1.29, 1.82) is 5.26 Å². The minimum Gasteiger partial charge on any atom is -0.274 e. The maximum Gasteiger partial charge on any atom is 0.252 e. The number of amides is 2. The van der Waals surface area contributed by atoms with Crippen molar-refractivity contribution in [1.82, 2.24) is 4.31 Å². The molecule has 1 unspecified atom stereocenters. The average molecular weight is 532 g/mol. The van der Waals surface area contributed by atoms with Crippen LogP contribution in [-0.2, 0) is 26.2 Å². The van der Waals surface area contributed by atoms with Gasteiger partial charge in [0.05, 0.1) is 28.8 Å². The third-order valence-electron chi connectivity index (χ3n) is 5.46. The lowest BCUT2D eigenvalue weighted by atomic mass is 10.2. The van der Waals surface area contributed by atoms with E-state index in [1.165, 1.54) is 48.5 Å². The number of nitrogens with zero attached hydrogens (tertiary/aromatic N) is 3. The highest BCUT2D eigenvalue weighted by Crippen LogP contribution is 2.34. The molecule has 1 aliphatic heterocycles. The van der Waals surface area contributed by atoms with Gasteiger partial charge in [-0.2, -0.15) is 9.57 Å². The van der Waals surface area contributed by atoms with Crippen molar-refractivity contribution in [2.75, 3.05) is 4.90 Å².